The number of phenols is 1. The van der Waals surface area contributed by atoms with E-state index in [2.05, 4.69) is 10.2 Å². The van der Waals surface area contributed by atoms with Crippen LogP contribution in [0.4, 0.5) is 0 Å². The summed E-state index contributed by atoms with van der Waals surface area (Å²) in [6.07, 6.45) is 2.07. The molecule has 2 rings (SSSR count). The summed E-state index contributed by atoms with van der Waals surface area (Å²) in [5.41, 5.74) is 0.777. The van der Waals surface area contributed by atoms with Gasteiger partial charge in [0.1, 0.15) is 5.75 Å². The highest BCUT2D eigenvalue weighted by Crippen LogP contribution is 2.34. The van der Waals surface area contributed by atoms with Crippen LogP contribution in [0, 0.1) is 5.92 Å². The summed E-state index contributed by atoms with van der Waals surface area (Å²) in [4.78, 5) is 13.2. The molecule has 0 unspecified atom stereocenters. The van der Waals surface area contributed by atoms with Crippen LogP contribution in [0.1, 0.15) is 25.3 Å². The highest BCUT2D eigenvalue weighted by Gasteiger charge is 2.21. The molecule has 1 fully saturated rings. The maximum atomic E-state index is 10.9. The van der Waals surface area contributed by atoms with Crippen LogP contribution in [-0.4, -0.2) is 35.5 Å². The molecule has 0 atom stereocenters. The molecule has 1 heterocycles. The average Bonchev–Trinajstić information content (AvgIpc) is 2.47. The number of nitrogens with zero attached hydrogens (tertiary/aromatic N) is 1. The Labute approximate surface area is 135 Å². The van der Waals surface area contributed by atoms with Gasteiger partial charge in [0, 0.05) is 30.6 Å². The topological polar surface area (TPSA) is 52.6 Å². The summed E-state index contributed by atoms with van der Waals surface area (Å²) in [7, 11) is 0. The maximum absolute atomic E-state index is 10.9. The van der Waals surface area contributed by atoms with Crippen molar-refractivity contribution in [2.75, 3.05) is 19.6 Å². The SMILES string of the molecule is CC(=O)NCC1CCN(Cc2c(Cl)ccc(O)c2Cl)CC1. The first-order valence-corrected chi connectivity index (χ1v) is 7.85. The van der Waals surface area contributed by atoms with Gasteiger partial charge in [-0.1, -0.05) is 23.2 Å². The Bertz CT molecular complexity index is 515. The molecule has 0 spiro atoms. The van der Waals surface area contributed by atoms with E-state index in [0.29, 0.717) is 22.5 Å². The average molecular weight is 331 g/mol. The first-order valence-electron chi connectivity index (χ1n) is 7.10. The van der Waals surface area contributed by atoms with Gasteiger partial charge in [-0.15, -0.1) is 0 Å². The molecule has 0 radical (unpaired) electrons. The number of hydrogen-bond acceptors (Lipinski definition) is 3. The number of aromatic hydroxyl groups is 1. The Hall–Kier alpha value is -0.970. The Morgan fingerprint density at radius 3 is 2.67 bits per heavy atom. The highest BCUT2D eigenvalue weighted by molar-refractivity contribution is 6.36. The number of likely N-dealkylation sites (tertiary alicyclic amines) is 1. The summed E-state index contributed by atoms with van der Waals surface area (Å²) < 4.78 is 0. The van der Waals surface area contributed by atoms with Crippen LogP contribution < -0.4 is 5.32 Å². The predicted molar refractivity (Wildman–Crippen MR) is 84.8 cm³/mol. The zero-order chi connectivity index (χ0) is 15.4. The van der Waals surface area contributed by atoms with Crippen molar-refractivity contribution in [3.05, 3.63) is 27.7 Å². The molecule has 2 N–H and O–H groups in total. The fraction of sp³-hybridized carbons (Fsp3) is 0.533. The minimum Gasteiger partial charge on any atom is -0.506 e. The number of carbonyl (C=O) groups is 1. The molecular formula is C15H20Cl2N2O2. The second-order valence-corrected chi connectivity index (χ2v) is 6.30. The molecule has 1 aliphatic heterocycles. The number of benzene rings is 1. The van der Waals surface area contributed by atoms with E-state index >= 15 is 0 Å². The highest BCUT2D eigenvalue weighted by atomic mass is 35.5. The number of carbonyl (C=O) groups excluding carboxylic acids is 1. The van der Waals surface area contributed by atoms with Crippen molar-refractivity contribution in [2.24, 2.45) is 5.92 Å². The molecule has 0 aliphatic carbocycles. The van der Waals surface area contributed by atoms with Gasteiger partial charge in [-0.25, -0.2) is 0 Å². The molecule has 116 valence electrons. The van der Waals surface area contributed by atoms with Gasteiger partial charge in [0.25, 0.3) is 0 Å². The van der Waals surface area contributed by atoms with Crippen LogP contribution in [0.25, 0.3) is 0 Å². The van der Waals surface area contributed by atoms with E-state index in [9.17, 15) is 9.90 Å². The third-order valence-electron chi connectivity index (χ3n) is 3.89. The van der Waals surface area contributed by atoms with E-state index in [1.165, 1.54) is 6.07 Å². The largest absolute Gasteiger partial charge is 0.506 e. The number of rotatable bonds is 4. The van der Waals surface area contributed by atoms with Crippen LogP contribution in [-0.2, 0) is 11.3 Å². The van der Waals surface area contributed by atoms with Crippen molar-refractivity contribution in [3.8, 4) is 5.75 Å². The van der Waals surface area contributed by atoms with Gasteiger partial charge >= 0.3 is 0 Å². The van der Waals surface area contributed by atoms with Gasteiger partial charge in [0.2, 0.25) is 5.91 Å². The molecule has 1 aliphatic rings. The van der Waals surface area contributed by atoms with E-state index in [0.717, 1.165) is 38.0 Å². The van der Waals surface area contributed by atoms with Crippen molar-refractivity contribution < 1.29 is 9.90 Å². The lowest BCUT2D eigenvalue weighted by Gasteiger charge is -2.32. The smallest absolute Gasteiger partial charge is 0.216 e. The fourth-order valence-corrected chi connectivity index (χ4v) is 3.08. The summed E-state index contributed by atoms with van der Waals surface area (Å²) >= 11 is 12.3. The number of hydrogen-bond donors (Lipinski definition) is 2. The fourth-order valence-electron chi connectivity index (χ4n) is 2.59. The lowest BCUT2D eigenvalue weighted by Crippen LogP contribution is -2.37. The van der Waals surface area contributed by atoms with Crippen molar-refractivity contribution >= 4 is 29.1 Å². The number of piperidine rings is 1. The Kier molecular flexibility index (Phi) is 5.73. The molecular weight excluding hydrogens is 311 g/mol. The molecule has 1 aromatic rings. The van der Waals surface area contributed by atoms with Crippen LogP contribution in [0.3, 0.4) is 0 Å². The second kappa shape index (κ2) is 7.34. The van der Waals surface area contributed by atoms with Crippen LogP contribution in [0.5, 0.6) is 5.75 Å². The first-order chi connectivity index (χ1) is 9.97. The molecule has 1 saturated heterocycles. The summed E-state index contributed by atoms with van der Waals surface area (Å²) in [6.45, 7) is 4.80. The molecule has 0 bridgehead atoms. The zero-order valence-electron chi connectivity index (χ0n) is 12.0. The minimum absolute atomic E-state index is 0.0238. The summed E-state index contributed by atoms with van der Waals surface area (Å²) in [5.74, 6) is 0.618. The van der Waals surface area contributed by atoms with E-state index in [4.69, 9.17) is 23.2 Å². The predicted octanol–water partition coefficient (Wildman–Crippen LogP) is 3.05. The van der Waals surface area contributed by atoms with E-state index in [-0.39, 0.29) is 11.7 Å². The molecule has 6 heteroatoms. The van der Waals surface area contributed by atoms with E-state index in [1.54, 1.807) is 13.0 Å². The number of halogens is 2. The van der Waals surface area contributed by atoms with Gasteiger partial charge in [-0.3, -0.25) is 9.69 Å². The van der Waals surface area contributed by atoms with Crippen molar-refractivity contribution in [1.82, 2.24) is 10.2 Å². The van der Waals surface area contributed by atoms with Crippen molar-refractivity contribution in [3.63, 3.8) is 0 Å². The third kappa shape index (κ3) is 4.50. The Morgan fingerprint density at radius 1 is 1.38 bits per heavy atom. The van der Waals surface area contributed by atoms with Gasteiger partial charge in [0.05, 0.1) is 5.02 Å². The number of nitrogens with one attached hydrogen (secondary N) is 1. The third-order valence-corrected chi connectivity index (χ3v) is 4.67. The normalized spacial score (nSPS) is 16.9. The van der Waals surface area contributed by atoms with Crippen LogP contribution in [0.15, 0.2) is 12.1 Å². The van der Waals surface area contributed by atoms with E-state index < -0.39 is 0 Å². The van der Waals surface area contributed by atoms with E-state index in [1.807, 2.05) is 0 Å². The molecule has 21 heavy (non-hydrogen) atoms. The van der Waals surface area contributed by atoms with Gasteiger partial charge < -0.3 is 10.4 Å². The Morgan fingerprint density at radius 2 is 2.05 bits per heavy atom. The molecule has 0 saturated carbocycles. The van der Waals surface area contributed by atoms with Gasteiger partial charge in [-0.05, 0) is 44.0 Å². The molecule has 1 amide bonds. The minimum atomic E-state index is 0.0238. The first kappa shape index (κ1) is 16.4. The summed E-state index contributed by atoms with van der Waals surface area (Å²) in [6, 6.07) is 3.18. The summed E-state index contributed by atoms with van der Waals surface area (Å²) in [5, 5.41) is 13.5. The maximum Gasteiger partial charge on any atom is 0.216 e. The monoisotopic (exact) mass is 330 g/mol. The van der Waals surface area contributed by atoms with Gasteiger partial charge in [0.15, 0.2) is 0 Å². The second-order valence-electron chi connectivity index (χ2n) is 5.52. The van der Waals surface area contributed by atoms with Crippen LogP contribution >= 0.6 is 23.2 Å². The lowest BCUT2D eigenvalue weighted by atomic mass is 9.96. The van der Waals surface area contributed by atoms with Gasteiger partial charge in [-0.2, -0.15) is 0 Å². The lowest BCUT2D eigenvalue weighted by molar-refractivity contribution is -0.119. The quantitative estimate of drug-likeness (QED) is 0.892. The number of amides is 1. The molecule has 4 nitrogen and oxygen atoms in total. The zero-order valence-corrected chi connectivity index (χ0v) is 13.5. The van der Waals surface area contributed by atoms with Crippen molar-refractivity contribution in [2.45, 2.75) is 26.3 Å². The Balaban J connectivity index is 1.89. The molecule has 1 aromatic carbocycles. The van der Waals surface area contributed by atoms with Crippen molar-refractivity contribution in [1.29, 1.82) is 0 Å². The number of phenolic OH excluding ortho intramolecular Hbond substituents is 1. The molecule has 0 aromatic heterocycles. The van der Waals surface area contributed by atoms with Crippen LogP contribution in [0.2, 0.25) is 10.0 Å². The standard InChI is InChI=1S/C15H20Cl2N2O2/c1-10(20)18-8-11-4-6-19(7-5-11)9-12-13(16)2-3-14(21)15(12)17/h2-3,11,21H,4-9H2,1H3,(H,18,20).